The maximum atomic E-state index is 13.6. The van der Waals surface area contributed by atoms with Gasteiger partial charge in [0.1, 0.15) is 23.4 Å². The summed E-state index contributed by atoms with van der Waals surface area (Å²) >= 11 is 2.88. The predicted molar refractivity (Wildman–Crippen MR) is 68.8 cm³/mol. The van der Waals surface area contributed by atoms with Crippen LogP contribution in [0.2, 0.25) is 0 Å². The maximum absolute atomic E-state index is 13.6. The number of halogens is 3. The molecule has 0 radical (unpaired) electrons. The highest BCUT2D eigenvalue weighted by Gasteiger charge is 2.10. The number of aromatic nitrogens is 2. The van der Waals surface area contributed by atoms with Gasteiger partial charge in [0.15, 0.2) is 0 Å². The van der Waals surface area contributed by atoms with Gasteiger partial charge in [-0.15, -0.1) is 0 Å². The van der Waals surface area contributed by atoms with E-state index in [0.29, 0.717) is 5.69 Å². The summed E-state index contributed by atoms with van der Waals surface area (Å²) in [6, 6.07) is 5.33. The molecule has 0 spiro atoms. The highest BCUT2D eigenvalue weighted by atomic mass is 79.9. The van der Waals surface area contributed by atoms with Crippen molar-refractivity contribution in [2.24, 2.45) is 0 Å². The Morgan fingerprint density at radius 1 is 1.21 bits per heavy atom. The Morgan fingerprint density at radius 2 is 1.95 bits per heavy atom. The molecular weight excluding hydrogens is 318 g/mol. The van der Waals surface area contributed by atoms with Gasteiger partial charge >= 0.3 is 0 Å². The number of benzene rings is 1. The van der Waals surface area contributed by atoms with Crippen LogP contribution < -0.4 is 5.32 Å². The number of nitrogens with zero attached hydrogens (tertiary/aromatic N) is 3. The van der Waals surface area contributed by atoms with Crippen LogP contribution >= 0.6 is 15.9 Å². The van der Waals surface area contributed by atoms with E-state index >= 15 is 0 Å². The van der Waals surface area contributed by atoms with Crippen LogP contribution in [0.15, 0.2) is 22.7 Å². The van der Waals surface area contributed by atoms with Gasteiger partial charge in [-0.3, -0.25) is 0 Å². The van der Waals surface area contributed by atoms with Crippen LogP contribution in [0.3, 0.4) is 0 Å². The van der Waals surface area contributed by atoms with Crippen LogP contribution in [0.1, 0.15) is 11.4 Å². The van der Waals surface area contributed by atoms with Crippen LogP contribution in [-0.2, 0) is 0 Å². The van der Waals surface area contributed by atoms with Crippen molar-refractivity contribution >= 4 is 27.6 Å². The van der Waals surface area contributed by atoms with E-state index in [2.05, 4.69) is 31.2 Å². The Labute approximate surface area is 116 Å². The molecule has 1 N–H and O–H groups in total. The monoisotopic (exact) mass is 324 g/mol. The van der Waals surface area contributed by atoms with Crippen LogP contribution in [0.4, 0.5) is 20.4 Å². The fourth-order valence-corrected chi connectivity index (χ4v) is 1.74. The highest BCUT2D eigenvalue weighted by Crippen LogP contribution is 2.25. The van der Waals surface area contributed by atoms with Crippen molar-refractivity contribution in [2.75, 3.05) is 5.32 Å². The van der Waals surface area contributed by atoms with E-state index in [1.807, 2.05) is 6.07 Å². The summed E-state index contributed by atoms with van der Waals surface area (Å²) < 4.78 is 27.0. The zero-order valence-corrected chi connectivity index (χ0v) is 11.3. The minimum atomic E-state index is -0.656. The fourth-order valence-electron chi connectivity index (χ4n) is 1.42. The molecule has 1 heterocycles. The van der Waals surface area contributed by atoms with E-state index in [4.69, 9.17) is 5.26 Å². The van der Waals surface area contributed by atoms with Gasteiger partial charge in [0.05, 0.1) is 10.2 Å². The molecule has 0 saturated carbocycles. The molecule has 96 valence electrons. The standard InChI is InChI=1S/C12H7BrF2N4/c1-6-2-7(5-16)18-12(17-6)19-11-4-9(14)8(13)3-10(11)15/h2-4H,1H3,(H,17,18,19). The first kappa shape index (κ1) is 13.4. The van der Waals surface area contributed by atoms with Gasteiger partial charge in [0.25, 0.3) is 0 Å². The van der Waals surface area contributed by atoms with Gasteiger partial charge in [0, 0.05) is 11.8 Å². The number of aryl methyl sites for hydroxylation is 1. The lowest BCUT2D eigenvalue weighted by Crippen LogP contribution is -2.02. The molecule has 1 aromatic heterocycles. The molecule has 0 bridgehead atoms. The van der Waals surface area contributed by atoms with Crippen molar-refractivity contribution in [1.29, 1.82) is 5.26 Å². The Bertz CT molecular complexity index is 682. The first-order valence-electron chi connectivity index (χ1n) is 5.17. The predicted octanol–water partition coefficient (Wildman–Crippen LogP) is 3.44. The summed E-state index contributed by atoms with van der Waals surface area (Å²) in [6.07, 6.45) is 0. The number of hydrogen-bond donors (Lipinski definition) is 1. The minimum Gasteiger partial charge on any atom is -0.322 e. The van der Waals surface area contributed by atoms with E-state index in [1.165, 1.54) is 6.07 Å². The average molecular weight is 325 g/mol. The number of anilines is 2. The first-order chi connectivity index (χ1) is 8.99. The number of rotatable bonds is 2. The van der Waals surface area contributed by atoms with Crippen molar-refractivity contribution in [3.63, 3.8) is 0 Å². The van der Waals surface area contributed by atoms with Crippen molar-refractivity contribution in [3.8, 4) is 6.07 Å². The normalized spacial score (nSPS) is 10.1. The Kier molecular flexibility index (Phi) is 3.71. The summed E-state index contributed by atoms with van der Waals surface area (Å²) in [4.78, 5) is 7.85. The summed E-state index contributed by atoms with van der Waals surface area (Å²) in [6.45, 7) is 1.67. The molecule has 0 saturated heterocycles. The second-order valence-electron chi connectivity index (χ2n) is 3.70. The Morgan fingerprint density at radius 3 is 2.63 bits per heavy atom. The molecule has 0 aliphatic rings. The van der Waals surface area contributed by atoms with Crippen molar-refractivity contribution < 1.29 is 8.78 Å². The van der Waals surface area contributed by atoms with Crippen LogP contribution in [0.5, 0.6) is 0 Å². The van der Waals surface area contributed by atoms with Gasteiger partial charge in [0.2, 0.25) is 5.95 Å². The van der Waals surface area contributed by atoms with Gasteiger partial charge in [-0.25, -0.2) is 18.7 Å². The van der Waals surface area contributed by atoms with Crippen molar-refractivity contribution in [3.05, 3.63) is 45.7 Å². The third kappa shape index (κ3) is 3.03. The quantitative estimate of drug-likeness (QED) is 0.859. The summed E-state index contributed by atoms with van der Waals surface area (Å²) in [5.41, 5.74) is 0.593. The second-order valence-corrected chi connectivity index (χ2v) is 4.56. The lowest BCUT2D eigenvalue weighted by atomic mass is 10.3. The molecular formula is C12H7BrF2N4. The molecule has 0 aliphatic heterocycles. The Balaban J connectivity index is 2.39. The molecule has 0 fully saturated rings. The van der Waals surface area contributed by atoms with Gasteiger partial charge in [-0.1, -0.05) is 0 Å². The minimum absolute atomic E-state index is 0.0263. The van der Waals surface area contributed by atoms with Gasteiger partial charge in [-0.05, 0) is 35.0 Å². The van der Waals surface area contributed by atoms with E-state index in [-0.39, 0.29) is 21.8 Å². The summed E-state index contributed by atoms with van der Waals surface area (Å²) in [5, 5.41) is 11.3. The highest BCUT2D eigenvalue weighted by molar-refractivity contribution is 9.10. The van der Waals surface area contributed by atoms with Crippen LogP contribution in [0, 0.1) is 29.9 Å². The second kappa shape index (κ2) is 5.28. The third-order valence-electron chi connectivity index (χ3n) is 2.23. The molecule has 4 nitrogen and oxygen atoms in total. The number of nitriles is 1. The number of hydrogen-bond acceptors (Lipinski definition) is 4. The molecule has 1 aromatic carbocycles. The van der Waals surface area contributed by atoms with E-state index in [1.54, 1.807) is 6.92 Å². The molecule has 0 aliphatic carbocycles. The molecule has 2 aromatic rings. The van der Waals surface area contributed by atoms with Gasteiger partial charge < -0.3 is 5.32 Å². The molecule has 0 unspecified atom stereocenters. The maximum Gasteiger partial charge on any atom is 0.228 e. The van der Waals surface area contributed by atoms with Crippen LogP contribution in [0.25, 0.3) is 0 Å². The lowest BCUT2D eigenvalue weighted by molar-refractivity contribution is 0.597. The average Bonchev–Trinajstić information content (AvgIpc) is 2.35. The zero-order valence-electron chi connectivity index (χ0n) is 9.71. The summed E-state index contributed by atoms with van der Waals surface area (Å²) in [7, 11) is 0. The smallest absolute Gasteiger partial charge is 0.228 e. The first-order valence-corrected chi connectivity index (χ1v) is 5.96. The molecule has 2 rings (SSSR count). The Hall–Kier alpha value is -2.07. The lowest BCUT2D eigenvalue weighted by Gasteiger charge is -2.07. The zero-order chi connectivity index (χ0) is 14.0. The van der Waals surface area contributed by atoms with E-state index in [9.17, 15) is 8.78 Å². The molecule has 0 amide bonds. The van der Waals surface area contributed by atoms with Crippen LogP contribution in [-0.4, -0.2) is 9.97 Å². The van der Waals surface area contributed by atoms with Crippen molar-refractivity contribution in [1.82, 2.24) is 9.97 Å². The van der Waals surface area contributed by atoms with Crippen molar-refractivity contribution in [2.45, 2.75) is 6.92 Å². The van der Waals surface area contributed by atoms with E-state index in [0.717, 1.165) is 12.1 Å². The summed E-state index contributed by atoms with van der Waals surface area (Å²) in [5.74, 6) is -1.23. The van der Waals surface area contributed by atoms with Gasteiger partial charge in [-0.2, -0.15) is 5.26 Å². The fraction of sp³-hybridized carbons (Fsp3) is 0.0833. The molecule has 7 heteroatoms. The SMILES string of the molecule is Cc1cc(C#N)nc(Nc2cc(F)c(Br)cc2F)n1. The molecule has 0 atom stereocenters. The largest absolute Gasteiger partial charge is 0.322 e. The van der Waals surface area contributed by atoms with E-state index < -0.39 is 11.6 Å². The third-order valence-corrected chi connectivity index (χ3v) is 2.83. The molecule has 19 heavy (non-hydrogen) atoms. The topological polar surface area (TPSA) is 61.6 Å². The number of nitrogens with one attached hydrogen (secondary N) is 1.